The van der Waals surface area contributed by atoms with Crippen LogP contribution in [0.4, 0.5) is 0 Å². The zero-order chi connectivity index (χ0) is 17.6. The summed E-state index contributed by atoms with van der Waals surface area (Å²) in [7, 11) is 0. The van der Waals surface area contributed by atoms with Gasteiger partial charge >= 0.3 is 0 Å². The largest absolute Gasteiger partial charge is 0.377 e. The fourth-order valence-electron chi connectivity index (χ4n) is 2.72. The van der Waals surface area contributed by atoms with E-state index in [0.717, 1.165) is 24.2 Å². The zero-order valence-electron chi connectivity index (χ0n) is 14.5. The van der Waals surface area contributed by atoms with Crippen molar-refractivity contribution >= 4 is 11.6 Å². The van der Waals surface area contributed by atoms with E-state index in [9.17, 15) is 4.79 Å². The van der Waals surface area contributed by atoms with Gasteiger partial charge in [0.15, 0.2) is 5.65 Å². The Kier molecular flexibility index (Phi) is 5.40. The summed E-state index contributed by atoms with van der Waals surface area (Å²) in [6.45, 7) is 5.62. The molecule has 0 radical (unpaired) electrons. The second kappa shape index (κ2) is 7.90. The predicted molar refractivity (Wildman–Crippen MR) is 95.3 cm³/mol. The first-order chi connectivity index (χ1) is 12.2. The van der Waals surface area contributed by atoms with Crippen LogP contribution in [0.15, 0.2) is 42.7 Å². The Labute approximate surface area is 146 Å². The molecule has 130 valence electrons. The Morgan fingerprint density at radius 3 is 2.84 bits per heavy atom. The topological polar surface area (TPSA) is 68.5 Å². The molecule has 0 unspecified atom stereocenters. The molecule has 0 atom stereocenters. The summed E-state index contributed by atoms with van der Waals surface area (Å²) in [5.41, 5.74) is 3.88. The van der Waals surface area contributed by atoms with Crippen molar-refractivity contribution in [1.82, 2.24) is 19.9 Å². The molecule has 6 nitrogen and oxygen atoms in total. The minimum atomic E-state index is -0.171. The summed E-state index contributed by atoms with van der Waals surface area (Å²) < 4.78 is 7.25. The van der Waals surface area contributed by atoms with Crippen LogP contribution < -0.4 is 5.32 Å². The minimum absolute atomic E-state index is 0.171. The first-order valence-electron chi connectivity index (χ1n) is 8.43. The summed E-state index contributed by atoms with van der Waals surface area (Å²) in [5, 5.41) is 7.31. The molecule has 2 heterocycles. The molecule has 0 spiro atoms. The smallest absolute Gasteiger partial charge is 0.257 e. The molecule has 6 heteroatoms. The lowest BCUT2D eigenvalue weighted by Gasteiger charge is -2.11. The Morgan fingerprint density at radius 1 is 1.24 bits per heavy atom. The second-order valence-electron chi connectivity index (χ2n) is 5.85. The maximum absolute atomic E-state index is 12.6. The summed E-state index contributed by atoms with van der Waals surface area (Å²) >= 11 is 0. The van der Waals surface area contributed by atoms with Gasteiger partial charge in [0.05, 0.1) is 12.3 Å². The van der Waals surface area contributed by atoms with Crippen LogP contribution in [0.25, 0.3) is 5.65 Å². The first kappa shape index (κ1) is 17.1. The molecule has 3 rings (SSSR count). The number of hydrogen-bond donors (Lipinski definition) is 1. The number of carbonyl (C=O) groups is 1. The minimum Gasteiger partial charge on any atom is -0.377 e. The highest BCUT2D eigenvalue weighted by Crippen LogP contribution is 2.14. The van der Waals surface area contributed by atoms with Gasteiger partial charge in [-0.2, -0.15) is 5.10 Å². The highest BCUT2D eigenvalue weighted by atomic mass is 16.5. The van der Waals surface area contributed by atoms with Crippen molar-refractivity contribution in [2.75, 3.05) is 6.61 Å². The number of fused-ring (bicyclic) bond motifs is 1. The molecule has 0 aliphatic heterocycles. The van der Waals surface area contributed by atoms with Crippen molar-refractivity contribution in [3.63, 3.8) is 0 Å². The highest BCUT2D eigenvalue weighted by Gasteiger charge is 2.18. The average Bonchev–Trinajstić information content (AvgIpc) is 2.96. The molecule has 0 saturated carbocycles. The van der Waals surface area contributed by atoms with Crippen molar-refractivity contribution < 1.29 is 9.53 Å². The number of aryl methyl sites for hydroxylation is 1. The van der Waals surface area contributed by atoms with E-state index < -0.39 is 0 Å². The fraction of sp³-hybridized carbons (Fsp3) is 0.316. The zero-order valence-corrected chi connectivity index (χ0v) is 14.5. The first-order valence-corrected chi connectivity index (χ1v) is 8.43. The van der Waals surface area contributed by atoms with Crippen molar-refractivity contribution in [3.05, 3.63) is 65.1 Å². The van der Waals surface area contributed by atoms with Gasteiger partial charge in [0.25, 0.3) is 5.91 Å². The number of benzene rings is 1. The van der Waals surface area contributed by atoms with Crippen molar-refractivity contribution in [1.29, 1.82) is 0 Å². The van der Waals surface area contributed by atoms with Crippen LogP contribution in [0.1, 0.15) is 40.5 Å². The van der Waals surface area contributed by atoms with E-state index >= 15 is 0 Å². The molecule has 0 saturated heterocycles. The van der Waals surface area contributed by atoms with E-state index in [1.165, 1.54) is 0 Å². The number of ether oxygens (including phenoxy) is 1. The molecule has 1 amide bonds. The van der Waals surface area contributed by atoms with Crippen LogP contribution in [-0.4, -0.2) is 27.1 Å². The Hall–Kier alpha value is -2.73. The van der Waals surface area contributed by atoms with Crippen LogP contribution in [0.2, 0.25) is 0 Å². The van der Waals surface area contributed by atoms with E-state index in [1.807, 2.05) is 31.2 Å². The van der Waals surface area contributed by atoms with Crippen LogP contribution >= 0.6 is 0 Å². The molecule has 0 fully saturated rings. The third kappa shape index (κ3) is 3.85. The quantitative estimate of drug-likeness (QED) is 0.673. The number of amides is 1. The molecule has 1 aromatic carbocycles. The van der Waals surface area contributed by atoms with E-state index in [1.54, 1.807) is 23.0 Å². The molecular weight excluding hydrogens is 316 g/mol. The van der Waals surface area contributed by atoms with Gasteiger partial charge in [0.2, 0.25) is 0 Å². The summed E-state index contributed by atoms with van der Waals surface area (Å²) in [6, 6.07) is 9.77. The fourth-order valence-corrected chi connectivity index (χ4v) is 2.72. The number of nitrogens with one attached hydrogen (secondary N) is 1. The third-order valence-electron chi connectivity index (χ3n) is 3.96. The average molecular weight is 338 g/mol. The van der Waals surface area contributed by atoms with E-state index in [-0.39, 0.29) is 5.91 Å². The van der Waals surface area contributed by atoms with Crippen molar-refractivity contribution in [3.8, 4) is 0 Å². The van der Waals surface area contributed by atoms with Crippen molar-refractivity contribution in [2.24, 2.45) is 0 Å². The van der Waals surface area contributed by atoms with Crippen molar-refractivity contribution in [2.45, 2.75) is 33.4 Å². The molecule has 25 heavy (non-hydrogen) atoms. The van der Waals surface area contributed by atoms with Gasteiger partial charge in [-0.05, 0) is 30.5 Å². The van der Waals surface area contributed by atoms with Gasteiger partial charge in [0.1, 0.15) is 5.56 Å². The maximum atomic E-state index is 12.6. The molecule has 0 aliphatic carbocycles. The molecule has 1 N–H and O–H groups in total. The lowest BCUT2D eigenvalue weighted by atomic mass is 10.1. The molecule has 3 aromatic rings. The van der Waals surface area contributed by atoms with Crippen LogP contribution in [-0.2, 0) is 17.9 Å². The number of hydrogen-bond acceptors (Lipinski definition) is 4. The lowest BCUT2D eigenvalue weighted by molar-refractivity contribution is 0.0950. The van der Waals surface area contributed by atoms with Gasteiger partial charge in [-0.15, -0.1) is 0 Å². The second-order valence-corrected chi connectivity index (χ2v) is 5.85. The lowest BCUT2D eigenvalue weighted by Crippen LogP contribution is -2.24. The summed E-state index contributed by atoms with van der Waals surface area (Å²) in [4.78, 5) is 16.9. The van der Waals surface area contributed by atoms with Crippen LogP contribution in [0.3, 0.4) is 0 Å². The standard InChI is InChI=1S/C19H22N4O2/c1-3-11-25-13-16-8-5-4-7-15(16)12-21-19(24)17-14(2)22-23-10-6-9-20-18(17)23/h4-10H,3,11-13H2,1-2H3,(H,21,24). The Morgan fingerprint density at radius 2 is 2.04 bits per heavy atom. The van der Waals surface area contributed by atoms with Crippen LogP contribution in [0.5, 0.6) is 0 Å². The molecule has 2 aromatic heterocycles. The monoisotopic (exact) mass is 338 g/mol. The highest BCUT2D eigenvalue weighted by molar-refractivity contribution is 6.00. The van der Waals surface area contributed by atoms with E-state index in [2.05, 4.69) is 22.3 Å². The SMILES string of the molecule is CCCOCc1ccccc1CNC(=O)c1c(C)nn2cccnc12. The predicted octanol–water partition coefficient (Wildman–Crippen LogP) is 2.89. The number of rotatable bonds is 7. The Bertz CT molecular complexity index is 873. The summed E-state index contributed by atoms with van der Waals surface area (Å²) in [5.74, 6) is -0.171. The van der Waals surface area contributed by atoms with E-state index in [0.29, 0.717) is 30.1 Å². The molecule has 0 aliphatic rings. The van der Waals surface area contributed by atoms with Gasteiger partial charge in [0, 0.05) is 25.5 Å². The summed E-state index contributed by atoms with van der Waals surface area (Å²) in [6.07, 6.45) is 4.43. The van der Waals surface area contributed by atoms with Gasteiger partial charge in [-0.25, -0.2) is 9.50 Å². The third-order valence-corrected chi connectivity index (χ3v) is 3.96. The number of nitrogens with zero attached hydrogens (tertiary/aromatic N) is 3. The van der Waals surface area contributed by atoms with E-state index in [4.69, 9.17) is 4.74 Å². The maximum Gasteiger partial charge on any atom is 0.257 e. The normalized spacial score (nSPS) is 11.0. The molecular formula is C19H22N4O2. The molecule has 0 bridgehead atoms. The van der Waals surface area contributed by atoms with Gasteiger partial charge in [-0.3, -0.25) is 4.79 Å². The van der Waals surface area contributed by atoms with Crippen LogP contribution in [0, 0.1) is 6.92 Å². The number of aromatic nitrogens is 3. The van der Waals surface area contributed by atoms with Gasteiger partial charge < -0.3 is 10.1 Å². The Balaban J connectivity index is 1.73. The number of carbonyl (C=O) groups excluding carboxylic acids is 1. The van der Waals surface area contributed by atoms with Gasteiger partial charge in [-0.1, -0.05) is 31.2 Å².